The Morgan fingerprint density at radius 1 is 0.720 bits per heavy atom. The highest BCUT2D eigenvalue weighted by atomic mass is 16.9. The van der Waals surface area contributed by atoms with Crippen molar-refractivity contribution in [3.05, 3.63) is 95.6 Å². The number of carbonyl (C=O) groups is 1. The highest BCUT2D eigenvalue weighted by Crippen LogP contribution is 2.32. The fourth-order valence-electron chi connectivity index (χ4n) is 2.92. The fraction of sp³-hybridized carbons (Fsp3) is 0.136. The van der Waals surface area contributed by atoms with Crippen molar-refractivity contribution in [3.8, 4) is 11.1 Å². The van der Waals surface area contributed by atoms with Gasteiger partial charge in [0.15, 0.2) is 18.4 Å². The molecule has 1 aliphatic rings. The van der Waals surface area contributed by atoms with Crippen LogP contribution in [0.4, 0.5) is 0 Å². The average molecular weight is 330 g/mol. The predicted molar refractivity (Wildman–Crippen MR) is 96.1 cm³/mol. The Bertz CT molecular complexity index is 861. The van der Waals surface area contributed by atoms with Crippen LogP contribution >= 0.6 is 0 Å². The second-order valence-corrected chi connectivity index (χ2v) is 6.07. The first-order chi connectivity index (χ1) is 12.2. The van der Waals surface area contributed by atoms with E-state index in [1.807, 2.05) is 85.8 Å². The first-order valence-corrected chi connectivity index (χ1v) is 8.32. The number of hydrogen-bond donors (Lipinski definition) is 0. The van der Waals surface area contributed by atoms with Crippen molar-refractivity contribution >= 4 is 5.78 Å². The zero-order valence-corrected chi connectivity index (χ0v) is 13.9. The molecule has 0 atom stereocenters. The Morgan fingerprint density at radius 2 is 1.24 bits per heavy atom. The van der Waals surface area contributed by atoms with Crippen molar-refractivity contribution in [2.24, 2.45) is 0 Å². The molecule has 3 aromatic carbocycles. The summed E-state index contributed by atoms with van der Waals surface area (Å²) in [6.07, 6.45) is -0.380. The number of hydrogen-bond acceptors (Lipinski definition) is 3. The summed E-state index contributed by atoms with van der Waals surface area (Å²) in [6, 6.07) is 25.1. The molecule has 1 aliphatic heterocycles. The van der Waals surface area contributed by atoms with Crippen LogP contribution in [-0.4, -0.2) is 12.1 Å². The summed E-state index contributed by atoms with van der Waals surface area (Å²) in [6.45, 7) is 1.88. The van der Waals surface area contributed by atoms with E-state index in [4.69, 9.17) is 9.47 Å². The standard InChI is InChI=1S/C22H18O3/c1-15-24-22(25-15)20-13-9-17(10-14-20)16-7-11-19(12-8-16)21(23)18-5-3-2-4-6-18/h2-15,22H,1H3. The molecule has 4 rings (SSSR count). The molecule has 1 fully saturated rings. The zero-order chi connectivity index (χ0) is 17.2. The number of ether oxygens (including phenoxy) is 2. The van der Waals surface area contributed by atoms with Crippen molar-refractivity contribution in [1.82, 2.24) is 0 Å². The molecule has 0 spiro atoms. The Hall–Kier alpha value is -2.75. The Balaban J connectivity index is 1.51. The van der Waals surface area contributed by atoms with E-state index in [1.165, 1.54) is 0 Å². The lowest BCUT2D eigenvalue weighted by atomic mass is 9.99. The van der Waals surface area contributed by atoms with Crippen LogP contribution in [0.2, 0.25) is 0 Å². The van der Waals surface area contributed by atoms with Gasteiger partial charge in [0, 0.05) is 16.7 Å². The van der Waals surface area contributed by atoms with Crippen molar-refractivity contribution in [2.75, 3.05) is 0 Å². The van der Waals surface area contributed by atoms with Crippen LogP contribution in [0.5, 0.6) is 0 Å². The highest BCUT2D eigenvalue weighted by molar-refractivity contribution is 6.09. The highest BCUT2D eigenvalue weighted by Gasteiger charge is 2.28. The third kappa shape index (κ3) is 3.25. The lowest BCUT2D eigenvalue weighted by Crippen LogP contribution is -2.31. The molecule has 1 heterocycles. The molecule has 3 aromatic rings. The minimum absolute atomic E-state index is 0.0379. The van der Waals surface area contributed by atoms with Gasteiger partial charge in [-0.2, -0.15) is 0 Å². The Kier molecular flexibility index (Phi) is 4.18. The minimum atomic E-state index is -0.255. The molecule has 3 nitrogen and oxygen atoms in total. The van der Waals surface area contributed by atoms with Crippen LogP contribution in [0.15, 0.2) is 78.9 Å². The molecule has 0 amide bonds. The maximum atomic E-state index is 12.5. The third-order valence-corrected chi connectivity index (χ3v) is 4.33. The quantitative estimate of drug-likeness (QED) is 0.633. The van der Waals surface area contributed by atoms with Gasteiger partial charge in [-0.25, -0.2) is 0 Å². The predicted octanol–water partition coefficient (Wildman–Crippen LogP) is 4.98. The summed E-state index contributed by atoms with van der Waals surface area (Å²) in [7, 11) is 0. The van der Waals surface area contributed by atoms with Crippen LogP contribution in [0.25, 0.3) is 11.1 Å². The third-order valence-electron chi connectivity index (χ3n) is 4.33. The molecule has 0 N–H and O–H groups in total. The van der Waals surface area contributed by atoms with Gasteiger partial charge in [0.05, 0.1) is 0 Å². The van der Waals surface area contributed by atoms with E-state index in [2.05, 4.69) is 0 Å². The second-order valence-electron chi connectivity index (χ2n) is 6.07. The second kappa shape index (κ2) is 6.63. The summed E-state index contributed by atoms with van der Waals surface area (Å²) in [5.41, 5.74) is 4.57. The van der Waals surface area contributed by atoms with Gasteiger partial charge in [0.1, 0.15) is 0 Å². The van der Waals surface area contributed by atoms with Crippen LogP contribution in [-0.2, 0) is 9.47 Å². The van der Waals surface area contributed by atoms with Crippen molar-refractivity contribution in [1.29, 1.82) is 0 Å². The van der Waals surface area contributed by atoms with Crippen molar-refractivity contribution in [3.63, 3.8) is 0 Å². The topological polar surface area (TPSA) is 35.5 Å². The van der Waals surface area contributed by atoms with Gasteiger partial charge in [-0.15, -0.1) is 0 Å². The molecule has 0 radical (unpaired) electrons. The van der Waals surface area contributed by atoms with Crippen molar-refractivity contribution in [2.45, 2.75) is 19.5 Å². The van der Waals surface area contributed by atoms with Gasteiger partial charge >= 0.3 is 0 Å². The van der Waals surface area contributed by atoms with Gasteiger partial charge in [0.25, 0.3) is 0 Å². The summed E-state index contributed by atoms with van der Waals surface area (Å²) in [5.74, 6) is 0.0379. The van der Waals surface area contributed by atoms with Gasteiger partial charge < -0.3 is 9.47 Å². The lowest BCUT2D eigenvalue weighted by molar-refractivity contribution is -0.382. The van der Waals surface area contributed by atoms with E-state index in [9.17, 15) is 4.79 Å². The largest absolute Gasteiger partial charge is 0.320 e. The first kappa shape index (κ1) is 15.8. The van der Waals surface area contributed by atoms with Gasteiger partial charge in [-0.05, 0) is 18.1 Å². The molecule has 3 heteroatoms. The molecule has 0 bridgehead atoms. The molecule has 25 heavy (non-hydrogen) atoms. The van der Waals surface area contributed by atoms with E-state index in [1.54, 1.807) is 0 Å². The van der Waals surface area contributed by atoms with E-state index in [-0.39, 0.29) is 18.4 Å². The monoisotopic (exact) mass is 330 g/mol. The fourth-order valence-corrected chi connectivity index (χ4v) is 2.92. The van der Waals surface area contributed by atoms with Gasteiger partial charge in [-0.3, -0.25) is 4.79 Å². The van der Waals surface area contributed by atoms with E-state index in [0.717, 1.165) is 16.7 Å². The molecular weight excluding hydrogens is 312 g/mol. The number of benzene rings is 3. The minimum Gasteiger partial charge on any atom is -0.320 e. The van der Waals surface area contributed by atoms with E-state index >= 15 is 0 Å². The number of rotatable bonds is 4. The van der Waals surface area contributed by atoms with Crippen molar-refractivity contribution < 1.29 is 14.3 Å². The smallest absolute Gasteiger partial charge is 0.193 e. The van der Waals surface area contributed by atoms with Gasteiger partial charge in [-0.1, -0.05) is 78.9 Å². The summed E-state index contributed by atoms with van der Waals surface area (Å²) >= 11 is 0. The first-order valence-electron chi connectivity index (χ1n) is 8.32. The van der Waals surface area contributed by atoms with E-state index < -0.39 is 0 Å². The van der Waals surface area contributed by atoms with Crippen LogP contribution < -0.4 is 0 Å². The van der Waals surface area contributed by atoms with Crippen LogP contribution in [0.3, 0.4) is 0 Å². The Morgan fingerprint density at radius 3 is 1.80 bits per heavy atom. The molecule has 124 valence electrons. The average Bonchev–Trinajstić information content (AvgIpc) is 2.66. The summed E-state index contributed by atoms with van der Waals surface area (Å²) in [4.78, 5) is 12.5. The molecule has 0 aliphatic carbocycles. The number of ketones is 1. The van der Waals surface area contributed by atoms with Gasteiger partial charge in [0.2, 0.25) is 0 Å². The normalized spacial score (nSPS) is 19.2. The lowest BCUT2D eigenvalue weighted by Gasteiger charge is -2.33. The van der Waals surface area contributed by atoms with E-state index in [0.29, 0.717) is 11.1 Å². The number of carbonyl (C=O) groups excluding carboxylic acids is 1. The molecule has 0 saturated carbocycles. The summed E-state index contributed by atoms with van der Waals surface area (Å²) in [5, 5.41) is 0. The SMILES string of the molecule is CC1OC(c2ccc(-c3ccc(C(=O)c4ccccc4)cc3)cc2)O1. The molecule has 1 saturated heterocycles. The van der Waals surface area contributed by atoms with Crippen LogP contribution in [0.1, 0.15) is 34.7 Å². The van der Waals surface area contributed by atoms with Crippen LogP contribution in [0, 0.1) is 0 Å². The molecular formula is C22H18O3. The maximum Gasteiger partial charge on any atom is 0.193 e. The Labute approximate surface area is 146 Å². The molecule has 0 aromatic heterocycles. The summed E-state index contributed by atoms with van der Waals surface area (Å²) < 4.78 is 11.0. The maximum absolute atomic E-state index is 12.5. The molecule has 0 unspecified atom stereocenters. The zero-order valence-electron chi connectivity index (χ0n) is 13.9.